The highest BCUT2D eigenvalue weighted by atomic mass is 28.4. The Labute approximate surface area is 148 Å². The van der Waals surface area contributed by atoms with Crippen molar-refractivity contribution in [3.05, 3.63) is 29.8 Å². The minimum Gasteiger partial charge on any atom is -0.543 e. The van der Waals surface area contributed by atoms with Crippen molar-refractivity contribution in [1.82, 2.24) is 0 Å². The van der Waals surface area contributed by atoms with Crippen molar-refractivity contribution < 1.29 is 4.43 Å². The normalized spacial score (nSPS) is 14.0. The van der Waals surface area contributed by atoms with Crippen LogP contribution in [0.15, 0.2) is 24.3 Å². The van der Waals surface area contributed by atoms with Gasteiger partial charge in [0.05, 0.1) is 12.1 Å². The van der Waals surface area contributed by atoms with Crippen LogP contribution >= 0.6 is 0 Å². The largest absolute Gasteiger partial charge is 0.543 e. The van der Waals surface area contributed by atoms with Gasteiger partial charge in [-0.05, 0) is 41.2 Å². The monoisotopic (exact) mass is 342 g/mol. The third-order valence-corrected chi connectivity index (χ3v) is 9.30. The maximum absolute atomic E-state index is 9.39. The fourth-order valence-electron chi connectivity index (χ4n) is 2.59. The van der Waals surface area contributed by atoms with E-state index in [1.165, 1.54) is 0 Å². The van der Waals surface area contributed by atoms with E-state index in [9.17, 15) is 10.5 Å². The molecule has 0 N–H and O–H groups in total. The van der Waals surface area contributed by atoms with Gasteiger partial charge in [0.25, 0.3) is 0 Å². The van der Waals surface area contributed by atoms with Crippen molar-refractivity contribution in [2.75, 3.05) is 0 Å². The molecule has 0 fully saturated rings. The third kappa shape index (κ3) is 4.62. The summed E-state index contributed by atoms with van der Waals surface area (Å²) in [6, 6.07) is 12.2. The predicted molar refractivity (Wildman–Crippen MR) is 101 cm³/mol. The highest BCUT2D eigenvalue weighted by Gasteiger charge is 2.39. The summed E-state index contributed by atoms with van der Waals surface area (Å²) >= 11 is 0. The third-order valence-electron chi connectivity index (χ3n) is 4.94. The standard InChI is InChI=1S/C20H30N2OSi/c1-19(2,3)18(16(13-21)14-22)15-10-9-11-17(12-15)23-24(7,8)20(4,5)6/h9-12,16,18H,1-8H3. The Kier molecular flexibility index (Phi) is 5.90. The Hall–Kier alpha value is -1.78. The molecule has 0 amide bonds. The molecule has 0 spiro atoms. The highest BCUT2D eigenvalue weighted by molar-refractivity contribution is 6.74. The average Bonchev–Trinajstić information content (AvgIpc) is 2.41. The first-order valence-electron chi connectivity index (χ1n) is 8.41. The van der Waals surface area contributed by atoms with Crippen LogP contribution in [0.4, 0.5) is 0 Å². The van der Waals surface area contributed by atoms with Crippen LogP contribution in [0, 0.1) is 34.0 Å². The molecule has 1 unspecified atom stereocenters. The van der Waals surface area contributed by atoms with E-state index in [1.807, 2.05) is 24.3 Å². The first kappa shape index (κ1) is 20.3. The molecule has 1 aromatic carbocycles. The zero-order valence-corrected chi connectivity index (χ0v) is 17.3. The van der Waals surface area contributed by atoms with Gasteiger partial charge in [0.1, 0.15) is 11.7 Å². The van der Waals surface area contributed by atoms with Crippen molar-refractivity contribution in [3.8, 4) is 17.9 Å². The summed E-state index contributed by atoms with van der Waals surface area (Å²) in [5, 5.41) is 18.9. The SMILES string of the molecule is CC(C)(C)C(c1cccc(O[Si](C)(C)C(C)(C)C)c1)C(C#N)C#N. The van der Waals surface area contributed by atoms with E-state index in [1.54, 1.807) is 0 Å². The molecule has 4 heteroatoms. The fraction of sp³-hybridized carbons (Fsp3) is 0.600. The average molecular weight is 343 g/mol. The van der Waals surface area contributed by atoms with Gasteiger partial charge < -0.3 is 4.43 Å². The van der Waals surface area contributed by atoms with E-state index in [4.69, 9.17) is 4.43 Å². The molecule has 0 saturated heterocycles. The van der Waals surface area contributed by atoms with Crippen LogP contribution in [0.5, 0.6) is 5.75 Å². The molecule has 130 valence electrons. The lowest BCUT2D eigenvalue weighted by Gasteiger charge is -2.37. The lowest BCUT2D eigenvalue weighted by atomic mass is 9.70. The maximum atomic E-state index is 9.39. The van der Waals surface area contributed by atoms with Crippen LogP contribution < -0.4 is 4.43 Å². The van der Waals surface area contributed by atoms with Crippen molar-refractivity contribution in [2.24, 2.45) is 11.3 Å². The zero-order chi connectivity index (χ0) is 18.8. The molecule has 0 aromatic heterocycles. The Morgan fingerprint density at radius 3 is 1.96 bits per heavy atom. The summed E-state index contributed by atoms with van der Waals surface area (Å²) in [7, 11) is -1.92. The lowest BCUT2D eigenvalue weighted by Crippen LogP contribution is -2.43. The molecule has 0 radical (unpaired) electrons. The van der Waals surface area contributed by atoms with Crippen molar-refractivity contribution in [3.63, 3.8) is 0 Å². The second kappa shape index (κ2) is 6.99. The molecule has 0 aliphatic carbocycles. The molecule has 24 heavy (non-hydrogen) atoms. The van der Waals surface area contributed by atoms with E-state index in [2.05, 4.69) is 66.8 Å². The number of benzene rings is 1. The van der Waals surface area contributed by atoms with Gasteiger partial charge in [0.2, 0.25) is 8.32 Å². The van der Waals surface area contributed by atoms with Crippen LogP contribution in [-0.2, 0) is 0 Å². The van der Waals surface area contributed by atoms with E-state index in [0.717, 1.165) is 11.3 Å². The van der Waals surface area contributed by atoms with E-state index in [-0.39, 0.29) is 16.4 Å². The molecule has 0 bridgehead atoms. The Morgan fingerprint density at radius 1 is 1.00 bits per heavy atom. The van der Waals surface area contributed by atoms with Crippen molar-refractivity contribution >= 4 is 8.32 Å². The van der Waals surface area contributed by atoms with Gasteiger partial charge in [-0.15, -0.1) is 0 Å². The van der Waals surface area contributed by atoms with Gasteiger partial charge in [-0.25, -0.2) is 0 Å². The van der Waals surface area contributed by atoms with Gasteiger partial charge in [-0.1, -0.05) is 53.7 Å². The van der Waals surface area contributed by atoms with Gasteiger partial charge in [-0.3, -0.25) is 0 Å². The summed E-state index contributed by atoms with van der Waals surface area (Å²) in [5.41, 5.74) is 0.804. The Balaban J connectivity index is 3.28. The van der Waals surface area contributed by atoms with Gasteiger partial charge >= 0.3 is 0 Å². The van der Waals surface area contributed by atoms with Gasteiger partial charge in [0.15, 0.2) is 0 Å². The van der Waals surface area contributed by atoms with Crippen LogP contribution in [0.25, 0.3) is 0 Å². The first-order chi connectivity index (χ1) is 10.8. The second-order valence-corrected chi connectivity index (χ2v) is 13.7. The number of hydrogen-bond acceptors (Lipinski definition) is 3. The van der Waals surface area contributed by atoms with Crippen LogP contribution in [-0.4, -0.2) is 8.32 Å². The molecule has 0 saturated carbocycles. The van der Waals surface area contributed by atoms with Gasteiger partial charge in [0, 0.05) is 5.92 Å². The van der Waals surface area contributed by atoms with E-state index in [0.29, 0.717) is 0 Å². The summed E-state index contributed by atoms with van der Waals surface area (Å²) in [6.45, 7) is 17.3. The molecule has 1 rings (SSSR count). The summed E-state index contributed by atoms with van der Waals surface area (Å²) in [6.07, 6.45) is 0. The Morgan fingerprint density at radius 2 is 1.54 bits per heavy atom. The maximum Gasteiger partial charge on any atom is 0.250 e. The quantitative estimate of drug-likeness (QED) is 0.643. The molecular weight excluding hydrogens is 312 g/mol. The molecule has 0 heterocycles. The van der Waals surface area contributed by atoms with E-state index < -0.39 is 14.2 Å². The molecule has 3 nitrogen and oxygen atoms in total. The minimum absolute atomic E-state index is 0.119. The molecular formula is C20H30N2OSi. The van der Waals surface area contributed by atoms with Crippen molar-refractivity contribution in [1.29, 1.82) is 10.5 Å². The van der Waals surface area contributed by atoms with Crippen LogP contribution in [0.2, 0.25) is 18.1 Å². The number of rotatable bonds is 4. The Bertz CT molecular complexity index is 640. The lowest BCUT2D eigenvalue weighted by molar-refractivity contribution is 0.294. The summed E-state index contributed by atoms with van der Waals surface area (Å²) in [5.74, 6) is 0.00607. The minimum atomic E-state index is -1.92. The van der Waals surface area contributed by atoms with Crippen molar-refractivity contribution in [2.45, 2.75) is 65.6 Å². The summed E-state index contributed by atoms with van der Waals surface area (Å²) < 4.78 is 6.39. The van der Waals surface area contributed by atoms with Crippen LogP contribution in [0.1, 0.15) is 53.0 Å². The molecule has 0 aliphatic heterocycles. The zero-order valence-electron chi connectivity index (χ0n) is 16.3. The summed E-state index contributed by atoms with van der Waals surface area (Å²) in [4.78, 5) is 0. The van der Waals surface area contributed by atoms with Gasteiger partial charge in [-0.2, -0.15) is 10.5 Å². The fourth-order valence-corrected chi connectivity index (χ4v) is 3.61. The first-order valence-corrected chi connectivity index (χ1v) is 11.3. The molecule has 1 atom stereocenters. The smallest absolute Gasteiger partial charge is 0.250 e. The topological polar surface area (TPSA) is 56.8 Å². The predicted octanol–water partition coefficient (Wildman–Crippen LogP) is 5.86. The molecule has 0 aliphatic rings. The second-order valence-electron chi connectivity index (χ2n) is 9.01. The number of nitrogens with zero attached hydrogens (tertiary/aromatic N) is 2. The molecule has 1 aromatic rings. The highest BCUT2D eigenvalue weighted by Crippen LogP contribution is 2.42. The van der Waals surface area contributed by atoms with Crippen LogP contribution in [0.3, 0.4) is 0 Å². The number of nitriles is 2. The van der Waals surface area contributed by atoms with E-state index >= 15 is 0 Å². The number of hydrogen-bond donors (Lipinski definition) is 0.